The van der Waals surface area contributed by atoms with Gasteiger partial charge in [-0.3, -0.25) is 4.79 Å². The van der Waals surface area contributed by atoms with Crippen LogP contribution in [-0.2, 0) is 20.4 Å². The molecule has 128 valence electrons. The summed E-state index contributed by atoms with van der Waals surface area (Å²) in [6, 6.07) is 16.7. The smallest absolute Gasteiger partial charge is 0.238 e. The van der Waals surface area contributed by atoms with Crippen LogP contribution in [0.25, 0.3) is 0 Å². The molecule has 0 bridgehead atoms. The minimum atomic E-state index is -3.50. The highest BCUT2D eigenvalue weighted by molar-refractivity contribution is 7.91. The molecule has 0 saturated carbocycles. The number of rotatable bonds is 6. The van der Waals surface area contributed by atoms with Crippen LogP contribution in [0.3, 0.4) is 0 Å². The summed E-state index contributed by atoms with van der Waals surface area (Å²) in [6.45, 7) is 3.83. The van der Waals surface area contributed by atoms with Crippen LogP contribution < -0.4 is 0 Å². The molecule has 5 heteroatoms. The van der Waals surface area contributed by atoms with Crippen LogP contribution in [0.2, 0.25) is 0 Å². The minimum absolute atomic E-state index is 0.118. The average Bonchev–Trinajstić information content (AvgIpc) is 2.55. The van der Waals surface area contributed by atoms with Gasteiger partial charge >= 0.3 is 0 Å². The Morgan fingerprint density at radius 2 is 1.62 bits per heavy atom. The fraction of sp³-hybridized carbons (Fsp3) is 0.316. The van der Waals surface area contributed by atoms with Gasteiger partial charge in [0.2, 0.25) is 5.91 Å². The summed E-state index contributed by atoms with van der Waals surface area (Å²) in [6.07, 6.45) is 0. The molecule has 0 heterocycles. The molecule has 1 amide bonds. The quantitative estimate of drug-likeness (QED) is 0.808. The fourth-order valence-electron chi connectivity index (χ4n) is 2.45. The Kier molecular flexibility index (Phi) is 5.78. The molecule has 0 saturated heterocycles. The summed E-state index contributed by atoms with van der Waals surface area (Å²) in [5.41, 5.74) is 2.75. The molecule has 0 unspecified atom stereocenters. The van der Waals surface area contributed by atoms with Crippen molar-refractivity contribution in [2.75, 3.05) is 12.8 Å². The van der Waals surface area contributed by atoms with Crippen molar-refractivity contribution in [3.05, 3.63) is 71.3 Å². The molecule has 0 spiro atoms. The van der Waals surface area contributed by atoms with Gasteiger partial charge in [-0.25, -0.2) is 8.42 Å². The summed E-state index contributed by atoms with van der Waals surface area (Å²) in [5, 5.41) is 0. The number of nitrogens with zero attached hydrogens (tertiary/aromatic N) is 1. The number of carbonyl (C=O) groups is 1. The molecule has 0 fully saturated rings. The predicted octanol–water partition coefficient (Wildman–Crippen LogP) is 3.13. The Bertz CT molecular complexity index is 783. The Hall–Kier alpha value is -2.14. The lowest BCUT2D eigenvalue weighted by molar-refractivity contribution is -0.129. The van der Waals surface area contributed by atoms with Gasteiger partial charge in [-0.05, 0) is 25.0 Å². The first kappa shape index (κ1) is 18.2. The fourth-order valence-corrected chi connectivity index (χ4v) is 3.83. The molecule has 0 aliphatic heterocycles. The second-order valence-electron chi connectivity index (χ2n) is 6.11. The third-order valence-corrected chi connectivity index (χ3v) is 5.57. The molecule has 2 rings (SSSR count). The van der Waals surface area contributed by atoms with Gasteiger partial charge in [0.25, 0.3) is 0 Å². The molecule has 1 atom stereocenters. The van der Waals surface area contributed by atoms with E-state index in [2.05, 4.69) is 0 Å². The third kappa shape index (κ3) is 4.93. The zero-order valence-electron chi connectivity index (χ0n) is 14.3. The molecular formula is C19H23NO3S. The summed E-state index contributed by atoms with van der Waals surface area (Å²) >= 11 is 0. The van der Waals surface area contributed by atoms with E-state index in [4.69, 9.17) is 0 Å². The maximum Gasteiger partial charge on any atom is 0.238 e. The molecule has 0 aliphatic rings. The number of sulfone groups is 1. The summed E-state index contributed by atoms with van der Waals surface area (Å²) in [5.74, 6) is -0.986. The zero-order valence-corrected chi connectivity index (χ0v) is 15.1. The van der Waals surface area contributed by atoms with E-state index in [0.29, 0.717) is 5.56 Å². The molecule has 2 aromatic carbocycles. The highest BCUT2D eigenvalue weighted by Crippen LogP contribution is 2.19. The Labute approximate surface area is 144 Å². The van der Waals surface area contributed by atoms with Crippen molar-refractivity contribution in [1.82, 2.24) is 4.90 Å². The van der Waals surface area contributed by atoms with Crippen molar-refractivity contribution in [1.29, 1.82) is 0 Å². The van der Waals surface area contributed by atoms with Crippen LogP contribution in [0.4, 0.5) is 0 Å². The number of aryl methyl sites for hydroxylation is 1. The minimum Gasteiger partial charge on any atom is -0.338 e. The Morgan fingerprint density at radius 3 is 2.21 bits per heavy atom. The van der Waals surface area contributed by atoms with E-state index in [1.807, 2.05) is 56.3 Å². The van der Waals surface area contributed by atoms with Gasteiger partial charge < -0.3 is 4.90 Å². The maximum absolute atomic E-state index is 12.4. The van der Waals surface area contributed by atoms with Gasteiger partial charge in [0.05, 0.1) is 11.8 Å². The lowest BCUT2D eigenvalue weighted by Crippen LogP contribution is -2.34. The third-order valence-electron chi connectivity index (χ3n) is 4.11. The first-order valence-electron chi connectivity index (χ1n) is 7.85. The number of benzene rings is 2. The second-order valence-corrected chi connectivity index (χ2v) is 8.17. The normalized spacial score (nSPS) is 12.6. The van der Waals surface area contributed by atoms with Crippen LogP contribution in [-0.4, -0.2) is 32.0 Å². The molecule has 4 nitrogen and oxygen atoms in total. The monoisotopic (exact) mass is 345 g/mol. The topological polar surface area (TPSA) is 54.5 Å². The molecule has 24 heavy (non-hydrogen) atoms. The molecule has 2 aromatic rings. The van der Waals surface area contributed by atoms with Crippen molar-refractivity contribution in [2.45, 2.75) is 25.6 Å². The van der Waals surface area contributed by atoms with E-state index in [0.717, 1.165) is 11.1 Å². The van der Waals surface area contributed by atoms with Crippen LogP contribution in [0.15, 0.2) is 54.6 Å². The summed E-state index contributed by atoms with van der Waals surface area (Å²) in [7, 11) is -1.86. The van der Waals surface area contributed by atoms with Crippen LogP contribution in [0.5, 0.6) is 0 Å². The van der Waals surface area contributed by atoms with E-state index in [-0.39, 0.29) is 11.8 Å². The molecule has 0 aromatic heterocycles. The number of amides is 1. The van der Waals surface area contributed by atoms with Gasteiger partial charge in [0.1, 0.15) is 5.75 Å². The molecule has 0 aliphatic carbocycles. The first-order chi connectivity index (χ1) is 11.3. The van der Waals surface area contributed by atoms with Crippen molar-refractivity contribution in [3.63, 3.8) is 0 Å². The highest BCUT2D eigenvalue weighted by atomic mass is 32.2. The van der Waals surface area contributed by atoms with Crippen molar-refractivity contribution >= 4 is 15.7 Å². The van der Waals surface area contributed by atoms with E-state index in [9.17, 15) is 13.2 Å². The molecule has 0 radical (unpaired) electrons. The summed E-state index contributed by atoms with van der Waals surface area (Å²) < 4.78 is 24.6. The van der Waals surface area contributed by atoms with Crippen LogP contribution in [0, 0.1) is 6.92 Å². The van der Waals surface area contributed by atoms with Crippen molar-refractivity contribution in [3.8, 4) is 0 Å². The zero-order chi connectivity index (χ0) is 17.7. The maximum atomic E-state index is 12.4. The lowest BCUT2D eigenvalue weighted by atomic mass is 10.1. The van der Waals surface area contributed by atoms with E-state index in [1.165, 1.54) is 4.90 Å². The van der Waals surface area contributed by atoms with Gasteiger partial charge in [-0.2, -0.15) is 0 Å². The van der Waals surface area contributed by atoms with Crippen molar-refractivity contribution < 1.29 is 13.2 Å². The average molecular weight is 345 g/mol. The van der Waals surface area contributed by atoms with Crippen molar-refractivity contribution in [2.24, 2.45) is 0 Å². The predicted molar refractivity (Wildman–Crippen MR) is 96.3 cm³/mol. The SMILES string of the molecule is Cc1ccc(CS(=O)(=O)CC(=O)N(C)[C@H](C)c2ccccc2)cc1. The van der Waals surface area contributed by atoms with Gasteiger partial charge in [-0.1, -0.05) is 60.2 Å². The standard InChI is InChI=1S/C19H23NO3S/c1-15-9-11-17(12-10-15)13-24(22,23)14-19(21)20(3)16(2)18-7-5-4-6-8-18/h4-12,16H,13-14H2,1-3H3/t16-/m1/s1. The second kappa shape index (κ2) is 7.62. The Balaban J connectivity index is 2.03. The van der Waals surface area contributed by atoms with E-state index >= 15 is 0 Å². The largest absolute Gasteiger partial charge is 0.338 e. The van der Waals surface area contributed by atoms with Gasteiger partial charge in [-0.15, -0.1) is 0 Å². The van der Waals surface area contributed by atoms with Gasteiger partial charge in [0.15, 0.2) is 9.84 Å². The number of carbonyl (C=O) groups excluding carboxylic acids is 1. The Morgan fingerprint density at radius 1 is 1.04 bits per heavy atom. The lowest BCUT2D eigenvalue weighted by Gasteiger charge is -2.25. The number of hydrogen-bond acceptors (Lipinski definition) is 3. The molecular weight excluding hydrogens is 322 g/mol. The van der Waals surface area contributed by atoms with Crippen LogP contribution >= 0.6 is 0 Å². The van der Waals surface area contributed by atoms with E-state index in [1.54, 1.807) is 19.2 Å². The highest BCUT2D eigenvalue weighted by Gasteiger charge is 2.23. The van der Waals surface area contributed by atoms with E-state index < -0.39 is 21.5 Å². The number of hydrogen-bond donors (Lipinski definition) is 0. The van der Waals surface area contributed by atoms with Gasteiger partial charge in [0, 0.05) is 7.05 Å². The first-order valence-corrected chi connectivity index (χ1v) is 9.67. The molecule has 0 N–H and O–H groups in total. The van der Waals surface area contributed by atoms with Crippen LogP contribution in [0.1, 0.15) is 29.7 Å². The summed E-state index contributed by atoms with van der Waals surface area (Å²) in [4.78, 5) is 13.9.